The number of hydrazone groups is 1. The van der Waals surface area contributed by atoms with Gasteiger partial charge >= 0.3 is 0 Å². The zero-order valence-electron chi connectivity index (χ0n) is 16.2. The second-order valence-electron chi connectivity index (χ2n) is 6.93. The Morgan fingerprint density at radius 3 is 2.60 bits per heavy atom. The van der Waals surface area contributed by atoms with Gasteiger partial charge in [-0.15, -0.1) is 11.3 Å². The molecule has 0 saturated carbocycles. The van der Waals surface area contributed by atoms with Gasteiger partial charge in [-0.3, -0.25) is 14.8 Å². The number of hydrogen-bond donors (Lipinski definition) is 0. The molecular weight excluding hydrogens is 396 g/mol. The Morgan fingerprint density at radius 2 is 1.87 bits per heavy atom. The van der Waals surface area contributed by atoms with Crippen molar-refractivity contribution < 1.29 is 9.53 Å². The van der Waals surface area contributed by atoms with Crippen LogP contribution in [0, 0.1) is 0 Å². The molecule has 5 rings (SSSR count). The number of nitrogens with zero attached hydrogens (tertiary/aromatic N) is 4. The van der Waals surface area contributed by atoms with Gasteiger partial charge in [-0.2, -0.15) is 5.10 Å². The maximum absolute atomic E-state index is 13.2. The summed E-state index contributed by atoms with van der Waals surface area (Å²) in [5, 5.41) is 8.24. The summed E-state index contributed by atoms with van der Waals surface area (Å²) in [6.07, 6.45) is 3.97. The molecule has 4 aromatic rings. The molecule has 0 saturated heterocycles. The van der Waals surface area contributed by atoms with Crippen molar-refractivity contribution in [3.63, 3.8) is 0 Å². The summed E-state index contributed by atoms with van der Waals surface area (Å²) in [5.74, 6) is 0.686. The average Bonchev–Trinajstić information content (AvgIpc) is 3.49. The van der Waals surface area contributed by atoms with Crippen molar-refractivity contribution >= 4 is 34.0 Å². The van der Waals surface area contributed by atoms with Crippen LogP contribution in [-0.2, 0) is 0 Å². The van der Waals surface area contributed by atoms with Crippen molar-refractivity contribution in [1.82, 2.24) is 15.0 Å². The van der Waals surface area contributed by atoms with Crippen LogP contribution in [0.1, 0.15) is 33.3 Å². The van der Waals surface area contributed by atoms with Crippen molar-refractivity contribution in [2.75, 3.05) is 7.11 Å². The van der Waals surface area contributed by atoms with E-state index in [0.717, 1.165) is 33.6 Å². The van der Waals surface area contributed by atoms with Crippen molar-refractivity contribution in [3.8, 4) is 5.75 Å². The molecule has 1 atom stereocenters. The third-order valence-corrected chi connectivity index (χ3v) is 6.01. The van der Waals surface area contributed by atoms with Crippen molar-refractivity contribution in [1.29, 1.82) is 0 Å². The van der Waals surface area contributed by atoms with Crippen molar-refractivity contribution in [2.24, 2.45) is 5.10 Å². The molecule has 0 fully saturated rings. The first-order chi connectivity index (χ1) is 14.7. The first-order valence-electron chi connectivity index (χ1n) is 9.52. The zero-order chi connectivity index (χ0) is 20.5. The number of carbonyl (C=O) groups excluding carboxylic acids is 1. The van der Waals surface area contributed by atoms with E-state index in [1.165, 1.54) is 11.3 Å². The lowest BCUT2D eigenvalue weighted by Gasteiger charge is -2.21. The summed E-state index contributed by atoms with van der Waals surface area (Å²) in [6, 6.07) is 17.2. The van der Waals surface area contributed by atoms with Gasteiger partial charge in [0, 0.05) is 18.8 Å². The molecule has 2 aromatic heterocycles. The minimum atomic E-state index is -0.205. The van der Waals surface area contributed by atoms with Crippen LogP contribution in [0.2, 0.25) is 0 Å². The fourth-order valence-corrected chi connectivity index (χ4v) is 4.27. The van der Waals surface area contributed by atoms with E-state index in [-0.39, 0.29) is 11.9 Å². The van der Waals surface area contributed by atoms with Crippen LogP contribution in [0.3, 0.4) is 0 Å². The van der Waals surface area contributed by atoms with E-state index < -0.39 is 0 Å². The summed E-state index contributed by atoms with van der Waals surface area (Å²) in [7, 11) is 1.64. The Morgan fingerprint density at radius 1 is 1.07 bits per heavy atom. The monoisotopic (exact) mass is 414 g/mol. The van der Waals surface area contributed by atoms with Crippen LogP contribution >= 0.6 is 11.3 Å². The number of hydrogen-bond acceptors (Lipinski definition) is 6. The highest BCUT2D eigenvalue weighted by molar-refractivity contribution is 7.12. The molecule has 6 nitrogen and oxygen atoms in total. The minimum absolute atomic E-state index is 0.0993. The zero-order valence-corrected chi connectivity index (χ0v) is 17.0. The predicted octanol–water partition coefficient (Wildman–Crippen LogP) is 4.69. The number of benzene rings is 2. The molecule has 0 N–H and O–H groups in total. The maximum atomic E-state index is 13.2. The molecule has 1 aliphatic rings. The van der Waals surface area contributed by atoms with E-state index >= 15 is 0 Å². The van der Waals surface area contributed by atoms with Crippen LogP contribution in [0.25, 0.3) is 11.0 Å². The molecule has 3 heterocycles. The second kappa shape index (κ2) is 7.68. The van der Waals surface area contributed by atoms with Gasteiger partial charge in [-0.25, -0.2) is 5.01 Å². The standard InChI is InChI=1S/C23H18N4O2S/c1-29-17-7-4-15(5-8-17)19-14-21(27(26-19)23(28)22-3-2-12-30-22)16-6-9-18-20(13-16)25-11-10-24-18/h2-13,21H,14H2,1H3. The SMILES string of the molecule is COc1ccc(C2=NN(C(=O)c3cccs3)C(c3ccc4nccnc4c3)C2)cc1. The molecule has 2 aromatic carbocycles. The first-order valence-corrected chi connectivity index (χ1v) is 10.4. The Hall–Kier alpha value is -3.58. The molecule has 30 heavy (non-hydrogen) atoms. The number of thiophene rings is 1. The number of carbonyl (C=O) groups is 1. The highest BCUT2D eigenvalue weighted by atomic mass is 32.1. The topological polar surface area (TPSA) is 67.7 Å². The molecule has 1 unspecified atom stereocenters. The maximum Gasteiger partial charge on any atom is 0.284 e. The highest BCUT2D eigenvalue weighted by Gasteiger charge is 2.34. The van der Waals surface area contributed by atoms with Gasteiger partial charge < -0.3 is 4.74 Å². The fraction of sp³-hybridized carbons (Fsp3) is 0.130. The van der Waals surface area contributed by atoms with Crippen LogP contribution < -0.4 is 4.74 Å². The van der Waals surface area contributed by atoms with Crippen molar-refractivity contribution in [2.45, 2.75) is 12.5 Å². The Labute approximate surface area is 177 Å². The smallest absolute Gasteiger partial charge is 0.284 e. The van der Waals surface area contributed by atoms with Gasteiger partial charge in [0.25, 0.3) is 5.91 Å². The van der Waals surface area contributed by atoms with E-state index in [4.69, 9.17) is 9.84 Å². The number of amides is 1. The molecule has 1 aliphatic heterocycles. The molecule has 1 amide bonds. The highest BCUT2D eigenvalue weighted by Crippen LogP contribution is 2.35. The lowest BCUT2D eigenvalue weighted by molar-refractivity contribution is 0.0716. The number of methoxy groups -OCH3 is 1. The van der Waals surface area contributed by atoms with E-state index in [9.17, 15) is 4.79 Å². The molecular formula is C23H18N4O2S. The van der Waals surface area contributed by atoms with Gasteiger partial charge in [0.1, 0.15) is 5.75 Å². The largest absolute Gasteiger partial charge is 0.497 e. The molecule has 0 aliphatic carbocycles. The second-order valence-corrected chi connectivity index (χ2v) is 7.87. The summed E-state index contributed by atoms with van der Waals surface area (Å²) < 4.78 is 5.26. The Balaban J connectivity index is 1.54. The quantitative estimate of drug-likeness (QED) is 0.486. The van der Waals surface area contributed by atoms with Gasteiger partial charge in [-0.1, -0.05) is 12.1 Å². The van der Waals surface area contributed by atoms with Crippen LogP contribution in [-0.4, -0.2) is 33.7 Å². The van der Waals surface area contributed by atoms with Crippen LogP contribution in [0.5, 0.6) is 5.75 Å². The number of ether oxygens (including phenoxy) is 1. The summed E-state index contributed by atoms with van der Waals surface area (Å²) in [4.78, 5) is 22.6. The van der Waals surface area contributed by atoms with Gasteiger partial charge in [0.15, 0.2) is 0 Å². The summed E-state index contributed by atoms with van der Waals surface area (Å²) in [5.41, 5.74) is 4.46. The van der Waals surface area contributed by atoms with Gasteiger partial charge in [0.2, 0.25) is 0 Å². The third-order valence-electron chi connectivity index (χ3n) is 5.15. The molecule has 0 radical (unpaired) electrons. The van der Waals surface area contributed by atoms with E-state index in [2.05, 4.69) is 9.97 Å². The van der Waals surface area contributed by atoms with E-state index in [1.807, 2.05) is 60.0 Å². The van der Waals surface area contributed by atoms with Gasteiger partial charge in [-0.05, 0) is 59.0 Å². The number of aromatic nitrogens is 2. The molecule has 148 valence electrons. The Bertz CT molecular complexity index is 1240. The molecule has 0 bridgehead atoms. The lowest BCUT2D eigenvalue weighted by atomic mass is 9.98. The van der Waals surface area contributed by atoms with Crippen LogP contribution in [0.4, 0.5) is 0 Å². The number of fused-ring (bicyclic) bond motifs is 1. The third kappa shape index (κ3) is 3.33. The summed E-state index contributed by atoms with van der Waals surface area (Å²) >= 11 is 1.42. The Kier molecular flexibility index (Phi) is 4.72. The van der Waals surface area contributed by atoms with Crippen LogP contribution in [0.15, 0.2) is 77.5 Å². The fourth-order valence-electron chi connectivity index (χ4n) is 3.62. The molecule has 0 spiro atoms. The van der Waals surface area contributed by atoms with Gasteiger partial charge in [0.05, 0.1) is 34.8 Å². The average molecular weight is 414 g/mol. The number of rotatable bonds is 4. The predicted molar refractivity (Wildman–Crippen MR) is 117 cm³/mol. The normalized spacial score (nSPS) is 16.0. The minimum Gasteiger partial charge on any atom is -0.497 e. The van der Waals surface area contributed by atoms with Crippen molar-refractivity contribution in [3.05, 3.63) is 88.4 Å². The van der Waals surface area contributed by atoms with E-state index in [1.54, 1.807) is 24.5 Å². The van der Waals surface area contributed by atoms with E-state index in [0.29, 0.717) is 11.3 Å². The summed E-state index contributed by atoms with van der Waals surface area (Å²) in [6.45, 7) is 0. The first kappa shape index (κ1) is 18.4. The molecule has 7 heteroatoms. The lowest BCUT2D eigenvalue weighted by Crippen LogP contribution is -2.26.